The minimum atomic E-state index is -0.398. The molecule has 0 aliphatic rings. The zero-order chi connectivity index (χ0) is 14.0. The molecule has 1 unspecified atom stereocenters. The van der Waals surface area contributed by atoms with Crippen molar-refractivity contribution in [2.45, 2.75) is 26.3 Å². The van der Waals surface area contributed by atoms with Crippen LogP contribution >= 0.6 is 0 Å². The van der Waals surface area contributed by atoms with E-state index in [4.69, 9.17) is 9.47 Å². The van der Waals surface area contributed by atoms with Gasteiger partial charge in [0.15, 0.2) is 0 Å². The number of hydrogen-bond acceptors (Lipinski definition) is 6. The van der Waals surface area contributed by atoms with Crippen molar-refractivity contribution < 1.29 is 23.8 Å². The van der Waals surface area contributed by atoms with Gasteiger partial charge in [0.05, 0.1) is 26.7 Å². The van der Waals surface area contributed by atoms with E-state index in [0.717, 1.165) is 0 Å². The maximum absolute atomic E-state index is 11.6. The Kier molecular flexibility index (Phi) is 9.22. The quantitative estimate of drug-likeness (QED) is 0.561. The van der Waals surface area contributed by atoms with Gasteiger partial charge in [-0.05, 0) is 13.8 Å². The molecule has 0 spiro atoms. The second-order valence-electron chi connectivity index (χ2n) is 3.78. The predicted octanol–water partition coefficient (Wildman–Crippen LogP) is 0.450. The van der Waals surface area contributed by atoms with Gasteiger partial charge in [0.2, 0.25) is 0 Å². The fourth-order valence-corrected chi connectivity index (χ4v) is 1.46. The van der Waals surface area contributed by atoms with E-state index in [1.165, 1.54) is 7.11 Å². The summed E-state index contributed by atoms with van der Waals surface area (Å²) >= 11 is 0. The molecule has 0 heterocycles. The monoisotopic (exact) mass is 261 g/mol. The lowest BCUT2D eigenvalue weighted by Gasteiger charge is -2.26. The van der Waals surface area contributed by atoms with Gasteiger partial charge >= 0.3 is 11.9 Å². The number of rotatable bonds is 9. The van der Waals surface area contributed by atoms with E-state index in [2.05, 4.69) is 4.74 Å². The van der Waals surface area contributed by atoms with Crippen molar-refractivity contribution in [2.75, 3.05) is 40.5 Å². The molecule has 6 heteroatoms. The highest BCUT2D eigenvalue weighted by atomic mass is 16.5. The molecule has 0 saturated carbocycles. The van der Waals surface area contributed by atoms with E-state index in [1.54, 1.807) is 21.0 Å². The van der Waals surface area contributed by atoms with Crippen LogP contribution in [-0.4, -0.2) is 63.4 Å². The zero-order valence-corrected chi connectivity index (χ0v) is 11.6. The highest BCUT2D eigenvalue weighted by molar-refractivity contribution is 5.75. The molecule has 0 N–H and O–H groups in total. The van der Waals surface area contributed by atoms with Crippen LogP contribution in [0.3, 0.4) is 0 Å². The Bertz CT molecular complexity index is 257. The van der Waals surface area contributed by atoms with E-state index in [-0.39, 0.29) is 18.4 Å². The third kappa shape index (κ3) is 6.56. The van der Waals surface area contributed by atoms with E-state index < -0.39 is 6.04 Å². The van der Waals surface area contributed by atoms with Gasteiger partial charge in [0, 0.05) is 20.2 Å². The molecule has 0 amide bonds. The van der Waals surface area contributed by atoms with Crippen molar-refractivity contribution in [1.29, 1.82) is 0 Å². The second kappa shape index (κ2) is 9.85. The lowest BCUT2D eigenvalue weighted by atomic mass is 10.2. The average molecular weight is 261 g/mol. The molecular weight excluding hydrogens is 238 g/mol. The summed E-state index contributed by atoms with van der Waals surface area (Å²) < 4.78 is 14.5. The van der Waals surface area contributed by atoms with Crippen molar-refractivity contribution in [1.82, 2.24) is 4.90 Å². The van der Waals surface area contributed by atoms with Crippen LogP contribution in [0.5, 0.6) is 0 Å². The average Bonchev–Trinajstić information content (AvgIpc) is 2.38. The van der Waals surface area contributed by atoms with Crippen LogP contribution in [0, 0.1) is 0 Å². The summed E-state index contributed by atoms with van der Waals surface area (Å²) in [5.41, 5.74) is 0. The first-order valence-corrected chi connectivity index (χ1v) is 6.03. The summed E-state index contributed by atoms with van der Waals surface area (Å²) in [5.74, 6) is -0.591. The van der Waals surface area contributed by atoms with Crippen molar-refractivity contribution in [3.8, 4) is 0 Å². The number of hydrogen-bond donors (Lipinski definition) is 0. The van der Waals surface area contributed by atoms with Crippen molar-refractivity contribution in [3.63, 3.8) is 0 Å². The number of carbonyl (C=O) groups excluding carboxylic acids is 2. The summed E-state index contributed by atoms with van der Waals surface area (Å²) in [6.45, 7) is 5.36. The molecule has 6 nitrogen and oxygen atoms in total. The zero-order valence-electron chi connectivity index (χ0n) is 11.6. The maximum Gasteiger partial charge on any atom is 0.323 e. The summed E-state index contributed by atoms with van der Waals surface area (Å²) in [4.78, 5) is 24.6. The van der Waals surface area contributed by atoms with E-state index in [1.807, 2.05) is 4.90 Å². The van der Waals surface area contributed by atoms with Crippen LogP contribution in [0.2, 0.25) is 0 Å². The molecular formula is C12H23NO5. The summed E-state index contributed by atoms with van der Waals surface area (Å²) in [6.07, 6.45) is 0.240. The standard InChI is InChI=1S/C12H23NO5/c1-5-18-12(15)10(2)13(8-9-16-3)7-6-11(14)17-4/h10H,5-9H2,1-4H3. The molecule has 1 atom stereocenters. The Hall–Kier alpha value is -1.14. The first-order valence-electron chi connectivity index (χ1n) is 6.03. The largest absolute Gasteiger partial charge is 0.469 e. The van der Waals surface area contributed by atoms with Crippen molar-refractivity contribution in [3.05, 3.63) is 0 Å². The highest BCUT2D eigenvalue weighted by Gasteiger charge is 2.22. The maximum atomic E-state index is 11.6. The number of carbonyl (C=O) groups is 2. The summed E-state index contributed by atoms with van der Waals surface area (Å²) in [6, 6.07) is -0.398. The summed E-state index contributed by atoms with van der Waals surface area (Å²) in [7, 11) is 2.93. The Morgan fingerprint density at radius 2 is 1.89 bits per heavy atom. The molecule has 18 heavy (non-hydrogen) atoms. The summed E-state index contributed by atoms with van der Waals surface area (Å²) in [5, 5.41) is 0. The number of esters is 2. The number of ether oxygens (including phenoxy) is 3. The molecule has 0 aromatic heterocycles. The second-order valence-corrected chi connectivity index (χ2v) is 3.78. The molecule has 0 aromatic carbocycles. The van der Waals surface area contributed by atoms with E-state index in [9.17, 15) is 9.59 Å². The normalized spacial score (nSPS) is 12.3. The Morgan fingerprint density at radius 1 is 1.22 bits per heavy atom. The lowest BCUT2D eigenvalue weighted by Crippen LogP contribution is -2.43. The third-order valence-electron chi connectivity index (χ3n) is 2.59. The molecule has 0 radical (unpaired) electrons. The fourth-order valence-electron chi connectivity index (χ4n) is 1.46. The van der Waals surface area contributed by atoms with Gasteiger partial charge < -0.3 is 14.2 Å². The molecule has 0 rings (SSSR count). The van der Waals surface area contributed by atoms with Crippen LogP contribution < -0.4 is 0 Å². The topological polar surface area (TPSA) is 65.1 Å². The van der Waals surface area contributed by atoms with Gasteiger partial charge in [0.25, 0.3) is 0 Å². The first kappa shape index (κ1) is 16.9. The third-order valence-corrected chi connectivity index (χ3v) is 2.59. The SMILES string of the molecule is CCOC(=O)C(C)N(CCOC)CCC(=O)OC. The Labute approximate surface area is 108 Å². The Morgan fingerprint density at radius 3 is 2.39 bits per heavy atom. The van der Waals surface area contributed by atoms with Crippen molar-refractivity contribution >= 4 is 11.9 Å². The fraction of sp³-hybridized carbons (Fsp3) is 0.833. The molecule has 0 bridgehead atoms. The Balaban J connectivity index is 4.35. The first-order chi connectivity index (χ1) is 8.56. The van der Waals surface area contributed by atoms with Crippen LogP contribution in [-0.2, 0) is 23.8 Å². The number of methoxy groups -OCH3 is 2. The predicted molar refractivity (Wildman–Crippen MR) is 66.2 cm³/mol. The van der Waals surface area contributed by atoms with E-state index in [0.29, 0.717) is 26.3 Å². The highest BCUT2D eigenvalue weighted by Crippen LogP contribution is 2.04. The van der Waals surface area contributed by atoms with Gasteiger partial charge in [-0.1, -0.05) is 0 Å². The minimum absolute atomic E-state index is 0.240. The molecule has 0 fully saturated rings. The van der Waals surface area contributed by atoms with Crippen LogP contribution in [0.4, 0.5) is 0 Å². The van der Waals surface area contributed by atoms with Crippen LogP contribution in [0.25, 0.3) is 0 Å². The van der Waals surface area contributed by atoms with E-state index >= 15 is 0 Å². The molecule has 0 saturated heterocycles. The van der Waals surface area contributed by atoms with Gasteiger partial charge in [-0.15, -0.1) is 0 Å². The molecule has 106 valence electrons. The van der Waals surface area contributed by atoms with Gasteiger partial charge in [0.1, 0.15) is 6.04 Å². The smallest absolute Gasteiger partial charge is 0.323 e. The molecule has 0 aliphatic carbocycles. The molecule has 0 aliphatic heterocycles. The van der Waals surface area contributed by atoms with Gasteiger partial charge in [-0.2, -0.15) is 0 Å². The minimum Gasteiger partial charge on any atom is -0.469 e. The van der Waals surface area contributed by atoms with Gasteiger partial charge in [-0.3, -0.25) is 14.5 Å². The van der Waals surface area contributed by atoms with Crippen LogP contribution in [0.1, 0.15) is 20.3 Å². The molecule has 0 aromatic rings. The van der Waals surface area contributed by atoms with Crippen molar-refractivity contribution in [2.24, 2.45) is 0 Å². The lowest BCUT2D eigenvalue weighted by molar-refractivity contribution is -0.150. The number of nitrogens with zero attached hydrogens (tertiary/aromatic N) is 1. The van der Waals surface area contributed by atoms with Crippen LogP contribution in [0.15, 0.2) is 0 Å². The van der Waals surface area contributed by atoms with Gasteiger partial charge in [-0.25, -0.2) is 0 Å².